The molecule has 2 rings (SSSR count). The van der Waals surface area contributed by atoms with Gasteiger partial charge in [0.25, 0.3) is 0 Å². The van der Waals surface area contributed by atoms with Crippen LogP contribution in [0.3, 0.4) is 0 Å². The maximum atomic E-state index is 11.7. The molecule has 5 heteroatoms. The molecule has 0 radical (unpaired) electrons. The highest BCUT2D eigenvalue weighted by Gasteiger charge is 2.22. The lowest BCUT2D eigenvalue weighted by atomic mass is 10.0. The summed E-state index contributed by atoms with van der Waals surface area (Å²) in [6, 6.07) is 7.75. The number of amides is 1. The van der Waals surface area contributed by atoms with Crippen LogP contribution in [0.2, 0.25) is 0 Å². The fourth-order valence-corrected chi connectivity index (χ4v) is 2.04. The van der Waals surface area contributed by atoms with E-state index in [2.05, 4.69) is 5.32 Å². The molecule has 0 bridgehead atoms. The van der Waals surface area contributed by atoms with Crippen LogP contribution in [-0.2, 0) is 4.79 Å². The van der Waals surface area contributed by atoms with E-state index in [1.165, 1.54) is 0 Å². The molecule has 0 aromatic heterocycles. The molecule has 0 saturated carbocycles. The summed E-state index contributed by atoms with van der Waals surface area (Å²) in [5, 5.41) is 3.01. The topological polar surface area (TPSA) is 64.4 Å². The summed E-state index contributed by atoms with van der Waals surface area (Å²) < 4.78 is 5.54. The Balaban J connectivity index is 0.00000162. The Kier molecular flexibility index (Phi) is 5.44. The number of ether oxygens (including phenoxy) is 1. The number of halogens is 1. The van der Waals surface area contributed by atoms with E-state index in [-0.39, 0.29) is 30.4 Å². The Hall–Kier alpha value is -1.26. The highest BCUT2D eigenvalue weighted by Crippen LogP contribution is 2.31. The zero-order chi connectivity index (χ0) is 12.3. The average molecular weight is 271 g/mol. The minimum absolute atomic E-state index is 0. The van der Waals surface area contributed by atoms with Gasteiger partial charge >= 0.3 is 0 Å². The molecule has 3 N–H and O–H groups in total. The molecule has 1 aromatic rings. The molecule has 1 aromatic carbocycles. The molecule has 1 amide bonds. The molecule has 0 saturated heterocycles. The third-order valence-corrected chi connectivity index (χ3v) is 2.80. The van der Waals surface area contributed by atoms with Crippen LogP contribution in [0.25, 0.3) is 0 Å². The van der Waals surface area contributed by atoms with E-state index in [1.54, 1.807) is 0 Å². The van der Waals surface area contributed by atoms with E-state index >= 15 is 0 Å². The lowest BCUT2D eigenvalue weighted by molar-refractivity contribution is -0.122. The summed E-state index contributed by atoms with van der Waals surface area (Å²) in [4.78, 5) is 11.7. The summed E-state index contributed by atoms with van der Waals surface area (Å²) in [7, 11) is 0. The first-order valence-electron chi connectivity index (χ1n) is 5.93. The predicted octanol–water partition coefficient (Wildman–Crippen LogP) is 1.79. The Morgan fingerprint density at radius 1 is 1.56 bits per heavy atom. The van der Waals surface area contributed by atoms with Gasteiger partial charge in [-0.05, 0) is 13.0 Å². The number of hydrogen-bond acceptors (Lipinski definition) is 3. The third kappa shape index (κ3) is 3.62. The molecule has 0 aliphatic carbocycles. The number of rotatable bonds is 3. The number of nitrogens with two attached hydrogens (primary N) is 1. The van der Waals surface area contributed by atoms with Crippen LogP contribution in [0.1, 0.15) is 31.4 Å². The Morgan fingerprint density at radius 2 is 2.28 bits per heavy atom. The zero-order valence-corrected chi connectivity index (χ0v) is 11.2. The van der Waals surface area contributed by atoms with E-state index in [9.17, 15) is 4.79 Å². The lowest BCUT2D eigenvalue weighted by Gasteiger charge is -2.26. The first-order valence-corrected chi connectivity index (χ1v) is 5.93. The molecule has 0 spiro atoms. The molecule has 1 heterocycles. The minimum atomic E-state index is -0.106. The van der Waals surface area contributed by atoms with Crippen molar-refractivity contribution in [3.8, 4) is 5.75 Å². The van der Waals surface area contributed by atoms with Crippen LogP contribution in [0.15, 0.2) is 24.3 Å². The lowest BCUT2D eigenvalue weighted by Crippen LogP contribution is -2.35. The van der Waals surface area contributed by atoms with Gasteiger partial charge in [0.2, 0.25) is 5.91 Å². The average Bonchev–Trinajstić information content (AvgIpc) is 2.28. The largest absolute Gasteiger partial charge is 0.493 e. The number of hydrogen-bond donors (Lipinski definition) is 2. The number of carbonyl (C=O) groups excluding carboxylic acids is 1. The molecule has 0 fully saturated rings. The first-order chi connectivity index (χ1) is 8.16. The second kappa shape index (κ2) is 6.61. The number of para-hydroxylation sites is 1. The van der Waals surface area contributed by atoms with E-state index < -0.39 is 0 Å². The van der Waals surface area contributed by atoms with Crippen molar-refractivity contribution in [3.05, 3.63) is 29.8 Å². The molecule has 2 unspecified atom stereocenters. The van der Waals surface area contributed by atoms with Crippen molar-refractivity contribution in [2.75, 3.05) is 6.61 Å². The van der Waals surface area contributed by atoms with Crippen LogP contribution in [0.5, 0.6) is 5.75 Å². The van der Waals surface area contributed by atoms with Crippen molar-refractivity contribution < 1.29 is 9.53 Å². The van der Waals surface area contributed by atoms with Crippen molar-refractivity contribution >= 4 is 18.3 Å². The molecule has 4 nitrogen and oxygen atoms in total. The van der Waals surface area contributed by atoms with Crippen LogP contribution in [0, 0.1) is 0 Å². The summed E-state index contributed by atoms with van der Waals surface area (Å²) in [6.45, 7) is 2.47. The smallest absolute Gasteiger partial charge is 0.222 e. The van der Waals surface area contributed by atoms with Gasteiger partial charge in [-0.25, -0.2) is 0 Å². The van der Waals surface area contributed by atoms with Gasteiger partial charge in [0, 0.05) is 24.4 Å². The van der Waals surface area contributed by atoms with Gasteiger partial charge in [-0.1, -0.05) is 18.2 Å². The van der Waals surface area contributed by atoms with Crippen molar-refractivity contribution in [1.29, 1.82) is 0 Å². The fraction of sp³-hybridized carbons (Fsp3) is 0.462. The van der Waals surface area contributed by atoms with Gasteiger partial charge in [0.15, 0.2) is 0 Å². The summed E-state index contributed by atoms with van der Waals surface area (Å²) >= 11 is 0. The summed E-state index contributed by atoms with van der Waals surface area (Å²) in [5.41, 5.74) is 6.66. The molecular weight excluding hydrogens is 252 g/mol. The van der Waals surface area contributed by atoms with Crippen LogP contribution in [-0.4, -0.2) is 18.6 Å². The molecule has 18 heavy (non-hydrogen) atoms. The van der Waals surface area contributed by atoms with Crippen LogP contribution < -0.4 is 15.8 Å². The van der Waals surface area contributed by atoms with Gasteiger partial charge in [0.05, 0.1) is 12.6 Å². The van der Waals surface area contributed by atoms with Crippen molar-refractivity contribution in [1.82, 2.24) is 5.32 Å². The molecule has 1 aliphatic rings. The van der Waals surface area contributed by atoms with E-state index in [0.29, 0.717) is 13.0 Å². The maximum Gasteiger partial charge on any atom is 0.222 e. The molecule has 2 atom stereocenters. The SMILES string of the molecule is CC(N)CC(=O)NC1CCOc2ccccc21.Cl. The minimum Gasteiger partial charge on any atom is -0.493 e. The second-order valence-corrected chi connectivity index (χ2v) is 4.48. The highest BCUT2D eigenvalue weighted by molar-refractivity contribution is 5.85. The van der Waals surface area contributed by atoms with Crippen molar-refractivity contribution in [3.63, 3.8) is 0 Å². The van der Waals surface area contributed by atoms with E-state index in [4.69, 9.17) is 10.5 Å². The molecular formula is C13H19ClN2O2. The first kappa shape index (κ1) is 14.8. The predicted molar refractivity (Wildman–Crippen MR) is 73.0 cm³/mol. The Labute approximate surface area is 113 Å². The molecule has 100 valence electrons. The van der Waals surface area contributed by atoms with Gasteiger partial charge in [-0.2, -0.15) is 0 Å². The van der Waals surface area contributed by atoms with E-state index in [1.807, 2.05) is 31.2 Å². The van der Waals surface area contributed by atoms with Gasteiger partial charge in [-0.15, -0.1) is 12.4 Å². The Bertz CT molecular complexity index is 410. The Morgan fingerprint density at radius 3 is 3.00 bits per heavy atom. The number of nitrogens with one attached hydrogen (secondary N) is 1. The second-order valence-electron chi connectivity index (χ2n) is 4.48. The zero-order valence-electron chi connectivity index (χ0n) is 10.4. The van der Waals surface area contributed by atoms with E-state index in [0.717, 1.165) is 17.7 Å². The number of carbonyl (C=O) groups is 1. The highest BCUT2D eigenvalue weighted by atomic mass is 35.5. The van der Waals surface area contributed by atoms with Crippen LogP contribution >= 0.6 is 12.4 Å². The monoisotopic (exact) mass is 270 g/mol. The van der Waals surface area contributed by atoms with Crippen molar-refractivity contribution in [2.24, 2.45) is 5.73 Å². The standard InChI is InChI=1S/C13H18N2O2.ClH/c1-9(14)8-13(16)15-11-6-7-17-12-5-3-2-4-10(11)12;/h2-5,9,11H,6-8,14H2,1H3,(H,15,16);1H. The van der Waals surface area contributed by atoms with Crippen LogP contribution in [0.4, 0.5) is 0 Å². The number of benzene rings is 1. The normalized spacial score (nSPS) is 18.9. The van der Waals surface area contributed by atoms with Gasteiger partial charge in [0.1, 0.15) is 5.75 Å². The quantitative estimate of drug-likeness (QED) is 0.880. The van der Waals surface area contributed by atoms with Gasteiger partial charge < -0.3 is 15.8 Å². The third-order valence-electron chi connectivity index (χ3n) is 2.80. The van der Waals surface area contributed by atoms with Gasteiger partial charge in [-0.3, -0.25) is 4.79 Å². The fourth-order valence-electron chi connectivity index (χ4n) is 2.04. The summed E-state index contributed by atoms with van der Waals surface area (Å²) in [5.74, 6) is 0.867. The molecule has 1 aliphatic heterocycles. The van der Waals surface area contributed by atoms with Crippen molar-refractivity contribution in [2.45, 2.75) is 31.8 Å². The summed E-state index contributed by atoms with van der Waals surface area (Å²) in [6.07, 6.45) is 1.17. The maximum absolute atomic E-state index is 11.7. The number of fused-ring (bicyclic) bond motifs is 1.